The van der Waals surface area contributed by atoms with Crippen LogP contribution in [0, 0.1) is 20.8 Å². The largest absolute Gasteiger partial charge is 0.320 e. The highest BCUT2D eigenvalue weighted by atomic mass is 16.2. The Labute approximate surface area is 170 Å². The number of carbonyl (C=O) groups excluding carboxylic acids is 1. The maximum absolute atomic E-state index is 12.9. The summed E-state index contributed by atoms with van der Waals surface area (Å²) in [5.41, 5.74) is 7.35. The molecular weight excluding hydrogens is 358 g/mol. The van der Waals surface area contributed by atoms with Crippen LogP contribution in [0.25, 0.3) is 16.9 Å². The lowest BCUT2D eigenvalue weighted by atomic mass is 10.1. The first-order valence-electron chi connectivity index (χ1n) is 9.62. The number of benzene rings is 3. The van der Waals surface area contributed by atoms with Crippen LogP contribution in [0.15, 0.2) is 78.9 Å². The van der Waals surface area contributed by atoms with Crippen LogP contribution in [0.4, 0.5) is 5.69 Å². The fourth-order valence-corrected chi connectivity index (χ4v) is 3.33. The number of para-hydroxylation sites is 1. The third kappa shape index (κ3) is 3.97. The van der Waals surface area contributed by atoms with Crippen LogP contribution in [0.3, 0.4) is 0 Å². The van der Waals surface area contributed by atoms with Crippen LogP contribution in [0.1, 0.15) is 27.2 Å². The molecule has 0 aliphatic rings. The van der Waals surface area contributed by atoms with E-state index < -0.39 is 0 Å². The number of hydrogen-bond acceptors (Lipinski definition) is 2. The molecule has 0 bridgehead atoms. The summed E-state index contributed by atoms with van der Waals surface area (Å²) < 4.78 is 1.82. The van der Waals surface area contributed by atoms with Crippen LogP contribution in [0.5, 0.6) is 0 Å². The second kappa shape index (κ2) is 7.76. The van der Waals surface area contributed by atoms with Gasteiger partial charge in [-0.3, -0.25) is 4.79 Å². The number of anilines is 1. The molecular formula is C25H23N3O. The van der Waals surface area contributed by atoms with Gasteiger partial charge in [0.05, 0.1) is 11.4 Å². The molecule has 1 amide bonds. The van der Waals surface area contributed by atoms with E-state index in [1.165, 1.54) is 5.56 Å². The lowest BCUT2D eigenvalue weighted by Gasteiger charge is -2.08. The second-order valence-electron chi connectivity index (χ2n) is 7.30. The molecule has 144 valence electrons. The van der Waals surface area contributed by atoms with Crippen molar-refractivity contribution in [2.75, 3.05) is 5.32 Å². The molecule has 1 aromatic heterocycles. The van der Waals surface area contributed by atoms with Gasteiger partial charge >= 0.3 is 0 Å². The lowest BCUT2D eigenvalue weighted by molar-refractivity contribution is 0.102. The Kier molecular flexibility index (Phi) is 5.00. The molecule has 0 unspecified atom stereocenters. The minimum atomic E-state index is -0.222. The zero-order valence-corrected chi connectivity index (χ0v) is 16.8. The normalized spacial score (nSPS) is 10.7. The molecule has 0 fully saturated rings. The summed E-state index contributed by atoms with van der Waals surface area (Å²) in [5.74, 6) is -0.222. The average Bonchev–Trinajstić information content (AvgIpc) is 3.17. The van der Waals surface area contributed by atoms with Gasteiger partial charge in [0.15, 0.2) is 5.69 Å². The van der Waals surface area contributed by atoms with Crippen molar-refractivity contribution in [1.82, 2.24) is 9.78 Å². The maximum atomic E-state index is 12.9. The Hall–Kier alpha value is -3.66. The maximum Gasteiger partial charge on any atom is 0.276 e. The van der Waals surface area contributed by atoms with E-state index in [-0.39, 0.29) is 5.91 Å². The van der Waals surface area contributed by atoms with Gasteiger partial charge < -0.3 is 5.32 Å². The third-order valence-corrected chi connectivity index (χ3v) is 4.92. The van der Waals surface area contributed by atoms with Gasteiger partial charge in [0.25, 0.3) is 5.91 Å². The minimum absolute atomic E-state index is 0.222. The predicted molar refractivity (Wildman–Crippen MR) is 118 cm³/mol. The fraction of sp³-hybridized carbons (Fsp3) is 0.120. The van der Waals surface area contributed by atoms with Gasteiger partial charge in [-0.15, -0.1) is 0 Å². The van der Waals surface area contributed by atoms with E-state index in [1.807, 2.05) is 67.1 Å². The zero-order valence-electron chi connectivity index (χ0n) is 16.8. The summed E-state index contributed by atoms with van der Waals surface area (Å²) in [6.07, 6.45) is 0. The number of nitrogens with one attached hydrogen (secondary N) is 1. The summed E-state index contributed by atoms with van der Waals surface area (Å²) >= 11 is 0. The Morgan fingerprint density at radius 1 is 0.828 bits per heavy atom. The average molecular weight is 381 g/mol. The van der Waals surface area contributed by atoms with Crippen LogP contribution in [-0.2, 0) is 0 Å². The van der Waals surface area contributed by atoms with E-state index >= 15 is 0 Å². The zero-order chi connectivity index (χ0) is 20.4. The standard InChI is InChI=1S/C25H23N3O/c1-17-9-12-20(13-10-17)24-16-23(27-28(24)21-7-5-4-6-8-21)25(29)26-22-14-11-18(2)15-19(22)3/h4-16H,1-3H3,(H,26,29). The summed E-state index contributed by atoms with van der Waals surface area (Å²) in [6, 6.07) is 25.9. The molecule has 4 heteroatoms. The van der Waals surface area contributed by atoms with E-state index in [1.54, 1.807) is 0 Å². The van der Waals surface area contributed by atoms with Crippen molar-refractivity contribution in [2.45, 2.75) is 20.8 Å². The first kappa shape index (κ1) is 18.7. The van der Waals surface area contributed by atoms with Gasteiger partial charge in [-0.25, -0.2) is 4.68 Å². The first-order valence-corrected chi connectivity index (χ1v) is 9.62. The Balaban J connectivity index is 1.74. The topological polar surface area (TPSA) is 46.9 Å². The van der Waals surface area contributed by atoms with E-state index in [9.17, 15) is 4.79 Å². The highest BCUT2D eigenvalue weighted by Gasteiger charge is 2.17. The third-order valence-electron chi connectivity index (χ3n) is 4.92. The van der Waals surface area contributed by atoms with Crippen molar-refractivity contribution in [1.29, 1.82) is 0 Å². The Morgan fingerprint density at radius 2 is 1.52 bits per heavy atom. The van der Waals surface area contributed by atoms with E-state index in [4.69, 9.17) is 0 Å². The van der Waals surface area contributed by atoms with Crippen molar-refractivity contribution in [3.05, 3.63) is 101 Å². The van der Waals surface area contributed by atoms with E-state index in [2.05, 4.69) is 47.7 Å². The molecule has 0 radical (unpaired) electrons. The summed E-state index contributed by atoms with van der Waals surface area (Å²) in [5, 5.41) is 7.62. The molecule has 0 spiro atoms. The molecule has 4 aromatic rings. The summed E-state index contributed by atoms with van der Waals surface area (Å²) in [6.45, 7) is 6.08. The van der Waals surface area contributed by atoms with Gasteiger partial charge in [-0.05, 0) is 50.6 Å². The minimum Gasteiger partial charge on any atom is -0.320 e. The summed E-state index contributed by atoms with van der Waals surface area (Å²) in [7, 11) is 0. The van der Waals surface area contributed by atoms with Crippen molar-refractivity contribution < 1.29 is 4.79 Å². The Morgan fingerprint density at radius 3 is 2.21 bits per heavy atom. The smallest absolute Gasteiger partial charge is 0.276 e. The molecule has 0 aliphatic heterocycles. The van der Waals surface area contributed by atoms with Crippen LogP contribution >= 0.6 is 0 Å². The molecule has 3 aromatic carbocycles. The molecule has 0 atom stereocenters. The number of rotatable bonds is 4. The number of aromatic nitrogens is 2. The predicted octanol–water partition coefficient (Wildman–Crippen LogP) is 5.72. The van der Waals surface area contributed by atoms with E-state index in [0.717, 1.165) is 33.8 Å². The monoisotopic (exact) mass is 381 g/mol. The quantitative estimate of drug-likeness (QED) is 0.492. The van der Waals surface area contributed by atoms with Crippen molar-refractivity contribution >= 4 is 11.6 Å². The van der Waals surface area contributed by atoms with Gasteiger partial charge in [0, 0.05) is 11.3 Å². The number of amides is 1. The number of nitrogens with zero attached hydrogens (tertiary/aromatic N) is 2. The van der Waals surface area contributed by atoms with E-state index in [0.29, 0.717) is 5.69 Å². The van der Waals surface area contributed by atoms with Crippen molar-refractivity contribution in [3.63, 3.8) is 0 Å². The fourth-order valence-electron chi connectivity index (χ4n) is 3.33. The molecule has 1 heterocycles. The molecule has 0 saturated heterocycles. The van der Waals surface area contributed by atoms with Crippen molar-refractivity contribution in [2.24, 2.45) is 0 Å². The van der Waals surface area contributed by atoms with Gasteiger partial charge in [-0.2, -0.15) is 5.10 Å². The number of hydrogen-bond donors (Lipinski definition) is 1. The first-order chi connectivity index (χ1) is 14.0. The molecule has 0 aliphatic carbocycles. The van der Waals surface area contributed by atoms with Gasteiger partial charge in [-0.1, -0.05) is 65.7 Å². The van der Waals surface area contributed by atoms with Gasteiger partial charge in [0.2, 0.25) is 0 Å². The number of aryl methyl sites for hydroxylation is 3. The molecule has 4 nitrogen and oxygen atoms in total. The molecule has 4 rings (SSSR count). The highest BCUT2D eigenvalue weighted by Crippen LogP contribution is 2.25. The molecule has 29 heavy (non-hydrogen) atoms. The summed E-state index contributed by atoms with van der Waals surface area (Å²) in [4.78, 5) is 12.9. The van der Waals surface area contributed by atoms with Gasteiger partial charge in [0.1, 0.15) is 0 Å². The highest BCUT2D eigenvalue weighted by molar-refractivity contribution is 6.04. The number of carbonyl (C=O) groups is 1. The van der Waals surface area contributed by atoms with Crippen LogP contribution < -0.4 is 5.32 Å². The SMILES string of the molecule is Cc1ccc(-c2cc(C(=O)Nc3ccc(C)cc3C)nn2-c2ccccc2)cc1. The van der Waals surface area contributed by atoms with Crippen LogP contribution in [-0.4, -0.2) is 15.7 Å². The molecule has 0 saturated carbocycles. The van der Waals surface area contributed by atoms with Crippen molar-refractivity contribution in [3.8, 4) is 16.9 Å². The lowest BCUT2D eigenvalue weighted by Crippen LogP contribution is -2.14. The van der Waals surface area contributed by atoms with Crippen LogP contribution in [0.2, 0.25) is 0 Å². The Bertz CT molecular complexity index is 1160. The second-order valence-corrected chi connectivity index (χ2v) is 7.30. The molecule has 1 N–H and O–H groups in total.